The number of thiophene rings is 1. The van der Waals surface area contributed by atoms with E-state index >= 15 is 0 Å². The number of benzene rings is 1. The number of carbonyl (C=O) groups is 2. The number of hydrogen-bond acceptors (Lipinski definition) is 5. The van der Waals surface area contributed by atoms with Crippen molar-refractivity contribution in [3.05, 3.63) is 40.6 Å². The minimum Gasteiger partial charge on any atom is -0.482 e. The molecule has 1 aliphatic rings. The highest BCUT2D eigenvalue weighted by atomic mass is 32.1. The maximum absolute atomic E-state index is 11.8. The number of carbonyl (C=O) groups excluding carboxylic acids is 2. The van der Waals surface area contributed by atoms with Gasteiger partial charge in [-0.3, -0.25) is 4.79 Å². The van der Waals surface area contributed by atoms with E-state index in [0.29, 0.717) is 22.1 Å². The van der Waals surface area contributed by atoms with Gasteiger partial charge in [-0.25, -0.2) is 4.79 Å². The second-order valence-corrected chi connectivity index (χ2v) is 4.81. The van der Waals surface area contributed by atoms with Crippen LogP contribution >= 0.6 is 11.3 Å². The van der Waals surface area contributed by atoms with Gasteiger partial charge < -0.3 is 14.8 Å². The fourth-order valence-electron chi connectivity index (χ4n) is 1.68. The first kappa shape index (κ1) is 11.7. The molecule has 1 aromatic heterocycles. The third-order valence-electron chi connectivity index (χ3n) is 2.52. The molecule has 3 rings (SSSR count). The van der Waals surface area contributed by atoms with E-state index in [1.54, 1.807) is 35.7 Å². The lowest BCUT2D eigenvalue weighted by Gasteiger charge is -2.18. The summed E-state index contributed by atoms with van der Waals surface area (Å²) in [4.78, 5) is 23.5. The zero-order valence-corrected chi connectivity index (χ0v) is 10.5. The van der Waals surface area contributed by atoms with Crippen LogP contribution in [0, 0.1) is 0 Å². The Kier molecular flexibility index (Phi) is 2.92. The average Bonchev–Trinajstić information content (AvgIpc) is 2.92. The quantitative estimate of drug-likeness (QED) is 0.674. The minimum absolute atomic E-state index is 0.00132. The van der Waals surface area contributed by atoms with Gasteiger partial charge in [0, 0.05) is 6.07 Å². The monoisotopic (exact) mass is 275 g/mol. The zero-order chi connectivity index (χ0) is 13.2. The van der Waals surface area contributed by atoms with Crippen LogP contribution in [0.1, 0.15) is 9.67 Å². The number of rotatable bonds is 2. The van der Waals surface area contributed by atoms with Gasteiger partial charge in [0.05, 0.1) is 5.69 Å². The lowest BCUT2D eigenvalue weighted by Crippen LogP contribution is -2.25. The van der Waals surface area contributed by atoms with Crippen LogP contribution in [0.4, 0.5) is 5.69 Å². The fraction of sp³-hybridized carbons (Fsp3) is 0.0769. The highest BCUT2D eigenvalue weighted by molar-refractivity contribution is 7.12. The molecule has 1 amide bonds. The molecule has 2 aromatic rings. The molecule has 0 saturated carbocycles. The van der Waals surface area contributed by atoms with Gasteiger partial charge in [0.15, 0.2) is 6.61 Å². The van der Waals surface area contributed by atoms with E-state index in [4.69, 9.17) is 9.47 Å². The summed E-state index contributed by atoms with van der Waals surface area (Å²) in [5.41, 5.74) is 0.507. The van der Waals surface area contributed by atoms with E-state index in [2.05, 4.69) is 5.32 Å². The normalized spacial score (nSPS) is 13.2. The van der Waals surface area contributed by atoms with Crippen LogP contribution in [0.2, 0.25) is 0 Å². The van der Waals surface area contributed by atoms with Gasteiger partial charge >= 0.3 is 5.97 Å². The van der Waals surface area contributed by atoms with Crippen LogP contribution in [0.3, 0.4) is 0 Å². The third kappa shape index (κ3) is 2.43. The molecule has 0 spiro atoms. The first-order valence-corrected chi connectivity index (χ1v) is 6.43. The van der Waals surface area contributed by atoms with Gasteiger partial charge in [0.1, 0.15) is 16.4 Å². The summed E-state index contributed by atoms with van der Waals surface area (Å²) in [5, 5.41) is 4.46. The van der Waals surface area contributed by atoms with Gasteiger partial charge in [-0.2, -0.15) is 0 Å². The molecule has 0 unspecified atom stereocenters. The van der Waals surface area contributed by atoms with Crippen molar-refractivity contribution in [2.75, 3.05) is 11.9 Å². The van der Waals surface area contributed by atoms with Crippen molar-refractivity contribution >= 4 is 28.9 Å². The van der Waals surface area contributed by atoms with E-state index < -0.39 is 5.97 Å². The lowest BCUT2D eigenvalue weighted by molar-refractivity contribution is -0.118. The number of anilines is 1. The summed E-state index contributed by atoms with van der Waals surface area (Å²) in [6.07, 6.45) is 0. The standard InChI is InChI=1S/C13H9NO4S/c15-12-7-17-10-4-3-8(6-9(10)14-12)18-13(16)11-2-1-5-19-11/h1-6H,7H2,(H,14,15). The molecule has 0 aliphatic carbocycles. The number of esters is 1. The third-order valence-corrected chi connectivity index (χ3v) is 3.37. The van der Waals surface area contributed by atoms with Crippen molar-refractivity contribution in [3.63, 3.8) is 0 Å². The Morgan fingerprint density at radius 1 is 1.37 bits per heavy atom. The fourth-order valence-corrected chi connectivity index (χ4v) is 2.28. The molecule has 0 saturated heterocycles. The van der Waals surface area contributed by atoms with Crippen molar-refractivity contribution in [3.8, 4) is 11.5 Å². The van der Waals surface area contributed by atoms with Crippen LogP contribution in [0.25, 0.3) is 0 Å². The smallest absolute Gasteiger partial charge is 0.353 e. The zero-order valence-electron chi connectivity index (χ0n) is 9.71. The Labute approximate surface area is 112 Å². The Hall–Kier alpha value is -2.34. The second-order valence-electron chi connectivity index (χ2n) is 3.86. The number of nitrogens with one attached hydrogen (secondary N) is 1. The van der Waals surface area contributed by atoms with Gasteiger partial charge in [-0.1, -0.05) is 6.07 Å². The molecule has 1 aromatic carbocycles. The summed E-state index contributed by atoms with van der Waals surface area (Å²) in [5.74, 6) is 0.283. The van der Waals surface area contributed by atoms with Crippen LogP contribution in [0.5, 0.6) is 11.5 Å². The van der Waals surface area contributed by atoms with Gasteiger partial charge in [-0.05, 0) is 23.6 Å². The highest BCUT2D eigenvalue weighted by Gasteiger charge is 2.17. The molecule has 2 heterocycles. The van der Waals surface area contributed by atoms with Crippen molar-refractivity contribution in [1.82, 2.24) is 0 Å². The van der Waals surface area contributed by atoms with E-state index in [0.717, 1.165) is 0 Å². The van der Waals surface area contributed by atoms with Crippen LogP contribution in [-0.4, -0.2) is 18.5 Å². The molecule has 0 atom stereocenters. The molecule has 5 nitrogen and oxygen atoms in total. The Morgan fingerprint density at radius 2 is 2.26 bits per heavy atom. The summed E-state index contributed by atoms with van der Waals surface area (Å²) in [6, 6.07) is 8.32. The molecule has 0 bridgehead atoms. The SMILES string of the molecule is O=C1COc2ccc(OC(=O)c3cccs3)cc2N1. The van der Waals surface area contributed by atoms with Crippen LogP contribution in [-0.2, 0) is 4.79 Å². The number of ether oxygens (including phenoxy) is 2. The Bertz CT molecular complexity index is 636. The summed E-state index contributed by atoms with van der Waals surface area (Å²) in [6.45, 7) is 0.00132. The molecule has 19 heavy (non-hydrogen) atoms. The van der Waals surface area contributed by atoms with Gasteiger partial charge in [0.25, 0.3) is 5.91 Å². The molecule has 1 aliphatic heterocycles. The predicted molar refractivity (Wildman–Crippen MR) is 69.8 cm³/mol. The second kappa shape index (κ2) is 4.74. The highest BCUT2D eigenvalue weighted by Crippen LogP contribution is 2.31. The first-order valence-electron chi connectivity index (χ1n) is 5.55. The van der Waals surface area contributed by atoms with E-state index in [1.165, 1.54) is 11.3 Å². The molecule has 96 valence electrons. The maximum Gasteiger partial charge on any atom is 0.353 e. The molecular weight excluding hydrogens is 266 g/mol. The van der Waals surface area contributed by atoms with E-state index in [9.17, 15) is 9.59 Å². The molecule has 1 N–H and O–H groups in total. The molecular formula is C13H9NO4S. The number of hydrogen-bond donors (Lipinski definition) is 1. The van der Waals surface area contributed by atoms with Crippen LogP contribution < -0.4 is 14.8 Å². The van der Waals surface area contributed by atoms with Crippen molar-refractivity contribution in [2.24, 2.45) is 0 Å². The predicted octanol–water partition coefficient (Wildman–Crippen LogP) is 2.30. The molecule has 0 radical (unpaired) electrons. The largest absolute Gasteiger partial charge is 0.482 e. The van der Waals surface area contributed by atoms with Gasteiger partial charge in [-0.15, -0.1) is 11.3 Å². The van der Waals surface area contributed by atoms with Gasteiger partial charge in [0.2, 0.25) is 0 Å². The maximum atomic E-state index is 11.8. The topological polar surface area (TPSA) is 64.6 Å². The van der Waals surface area contributed by atoms with Crippen molar-refractivity contribution in [2.45, 2.75) is 0 Å². The number of amides is 1. The molecule has 6 heteroatoms. The average molecular weight is 275 g/mol. The van der Waals surface area contributed by atoms with Crippen LogP contribution in [0.15, 0.2) is 35.7 Å². The Balaban J connectivity index is 1.81. The summed E-state index contributed by atoms with van der Waals surface area (Å²) in [7, 11) is 0. The number of fused-ring (bicyclic) bond motifs is 1. The summed E-state index contributed by atoms with van der Waals surface area (Å²) >= 11 is 1.31. The first-order chi connectivity index (χ1) is 9.22. The lowest BCUT2D eigenvalue weighted by atomic mass is 10.2. The van der Waals surface area contributed by atoms with E-state index in [1.807, 2.05) is 0 Å². The molecule has 0 fully saturated rings. The summed E-state index contributed by atoms with van der Waals surface area (Å²) < 4.78 is 10.4. The van der Waals surface area contributed by atoms with E-state index in [-0.39, 0.29) is 12.5 Å². The van der Waals surface area contributed by atoms with Crippen molar-refractivity contribution in [1.29, 1.82) is 0 Å². The van der Waals surface area contributed by atoms with Crippen molar-refractivity contribution < 1.29 is 19.1 Å². The minimum atomic E-state index is -0.419. The Morgan fingerprint density at radius 3 is 3.05 bits per heavy atom.